The van der Waals surface area contributed by atoms with Gasteiger partial charge in [-0.3, -0.25) is 9.78 Å². The third kappa shape index (κ3) is 3.48. The molecular formula is C18H14ClFN2O. The SMILES string of the molecule is Cc1nc2cc(F)ccc2cc1C(=O)NCc1cccc(Cl)c1. The van der Waals surface area contributed by atoms with Crippen LogP contribution in [0.15, 0.2) is 48.5 Å². The zero-order chi connectivity index (χ0) is 16.4. The molecule has 0 aliphatic rings. The van der Waals surface area contributed by atoms with Crippen LogP contribution in [0, 0.1) is 12.7 Å². The van der Waals surface area contributed by atoms with Crippen LogP contribution in [-0.2, 0) is 6.54 Å². The zero-order valence-corrected chi connectivity index (χ0v) is 13.2. The van der Waals surface area contributed by atoms with Crippen LogP contribution < -0.4 is 5.32 Å². The Balaban J connectivity index is 1.83. The molecule has 1 aromatic heterocycles. The molecule has 0 fully saturated rings. The Morgan fingerprint density at radius 2 is 2.04 bits per heavy atom. The molecule has 3 nitrogen and oxygen atoms in total. The first kappa shape index (κ1) is 15.4. The predicted molar refractivity (Wildman–Crippen MR) is 89.1 cm³/mol. The van der Waals surface area contributed by atoms with Crippen molar-refractivity contribution in [3.8, 4) is 0 Å². The first-order chi connectivity index (χ1) is 11.0. The molecule has 0 atom stereocenters. The number of carbonyl (C=O) groups excluding carboxylic acids is 1. The normalized spacial score (nSPS) is 10.7. The van der Waals surface area contributed by atoms with E-state index in [1.54, 1.807) is 31.2 Å². The third-order valence-corrected chi connectivity index (χ3v) is 3.79. The zero-order valence-electron chi connectivity index (χ0n) is 12.4. The molecule has 0 aliphatic carbocycles. The number of carbonyl (C=O) groups is 1. The number of pyridine rings is 1. The fraction of sp³-hybridized carbons (Fsp3) is 0.111. The number of nitrogens with one attached hydrogen (secondary N) is 1. The van der Waals surface area contributed by atoms with Gasteiger partial charge in [-0.25, -0.2) is 4.39 Å². The van der Waals surface area contributed by atoms with Gasteiger partial charge in [0.05, 0.1) is 16.8 Å². The monoisotopic (exact) mass is 328 g/mol. The van der Waals surface area contributed by atoms with E-state index in [2.05, 4.69) is 10.3 Å². The lowest BCUT2D eigenvalue weighted by molar-refractivity contribution is 0.0950. The quantitative estimate of drug-likeness (QED) is 0.780. The minimum Gasteiger partial charge on any atom is -0.348 e. The van der Waals surface area contributed by atoms with E-state index in [1.807, 2.05) is 12.1 Å². The highest BCUT2D eigenvalue weighted by molar-refractivity contribution is 6.30. The molecule has 23 heavy (non-hydrogen) atoms. The number of aromatic nitrogens is 1. The Hall–Kier alpha value is -2.46. The Morgan fingerprint density at radius 3 is 2.83 bits per heavy atom. The lowest BCUT2D eigenvalue weighted by Gasteiger charge is -2.09. The van der Waals surface area contributed by atoms with Gasteiger partial charge in [0.2, 0.25) is 0 Å². The molecule has 0 spiro atoms. The minimum absolute atomic E-state index is 0.221. The van der Waals surface area contributed by atoms with Crippen molar-refractivity contribution in [2.75, 3.05) is 0 Å². The summed E-state index contributed by atoms with van der Waals surface area (Å²) in [6.07, 6.45) is 0. The third-order valence-electron chi connectivity index (χ3n) is 3.56. The van der Waals surface area contributed by atoms with E-state index in [9.17, 15) is 9.18 Å². The Labute approximate surface area is 138 Å². The first-order valence-corrected chi connectivity index (χ1v) is 7.50. The second-order valence-corrected chi connectivity index (χ2v) is 5.71. The van der Waals surface area contributed by atoms with Crippen LogP contribution in [-0.4, -0.2) is 10.9 Å². The summed E-state index contributed by atoms with van der Waals surface area (Å²) in [7, 11) is 0. The van der Waals surface area contributed by atoms with Crippen LogP contribution in [0.1, 0.15) is 21.6 Å². The largest absolute Gasteiger partial charge is 0.348 e. The predicted octanol–water partition coefficient (Wildman–Crippen LogP) is 4.27. The summed E-state index contributed by atoms with van der Waals surface area (Å²) in [6.45, 7) is 2.11. The van der Waals surface area contributed by atoms with E-state index in [0.29, 0.717) is 28.3 Å². The molecule has 0 saturated heterocycles. The van der Waals surface area contributed by atoms with Crippen molar-refractivity contribution in [3.63, 3.8) is 0 Å². The fourth-order valence-corrected chi connectivity index (χ4v) is 2.60. The van der Waals surface area contributed by atoms with Crippen molar-refractivity contribution in [1.82, 2.24) is 10.3 Å². The molecule has 1 N–H and O–H groups in total. The molecule has 0 saturated carbocycles. The number of benzene rings is 2. The van der Waals surface area contributed by atoms with Crippen molar-refractivity contribution in [2.24, 2.45) is 0 Å². The average Bonchev–Trinajstić information content (AvgIpc) is 2.52. The van der Waals surface area contributed by atoms with Crippen LogP contribution in [0.4, 0.5) is 4.39 Å². The van der Waals surface area contributed by atoms with Gasteiger partial charge in [0, 0.05) is 23.0 Å². The number of aryl methyl sites for hydroxylation is 1. The fourth-order valence-electron chi connectivity index (χ4n) is 2.39. The lowest BCUT2D eigenvalue weighted by atomic mass is 10.1. The molecule has 3 aromatic rings. The number of halogens is 2. The van der Waals surface area contributed by atoms with Gasteiger partial charge >= 0.3 is 0 Å². The van der Waals surface area contributed by atoms with Crippen LogP contribution in [0.3, 0.4) is 0 Å². The van der Waals surface area contributed by atoms with Crippen LogP contribution in [0.5, 0.6) is 0 Å². The minimum atomic E-state index is -0.345. The molecule has 3 rings (SSSR count). The van der Waals surface area contributed by atoms with E-state index in [0.717, 1.165) is 10.9 Å². The van der Waals surface area contributed by atoms with Gasteiger partial charge in [-0.05, 0) is 42.8 Å². The van der Waals surface area contributed by atoms with Crippen molar-refractivity contribution in [3.05, 3.63) is 76.2 Å². The maximum atomic E-state index is 13.2. The topological polar surface area (TPSA) is 42.0 Å². The Kier molecular flexibility index (Phi) is 4.26. The van der Waals surface area contributed by atoms with E-state index >= 15 is 0 Å². The molecule has 0 bridgehead atoms. The van der Waals surface area contributed by atoms with E-state index in [4.69, 9.17) is 11.6 Å². The number of fused-ring (bicyclic) bond motifs is 1. The molecule has 0 aliphatic heterocycles. The number of amides is 1. The number of hydrogen-bond donors (Lipinski definition) is 1. The summed E-state index contributed by atoms with van der Waals surface area (Å²) in [5.41, 5.74) is 2.49. The Bertz CT molecular complexity index is 895. The lowest BCUT2D eigenvalue weighted by Crippen LogP contribution is -2.24. The van der Waals surface area contributed by atoms with Crippen molar-refractivity contribution < 1.29 is 9.18 Å². The molecule has 116 valence electrons. The summed E-state index contributed by atoms with van der Waals surface area (Å²) < 4.78 is 13.2. The molecular weight excluding hydrogens is 315 g/mol. The van der Waals surface area contributed by atoms with Crippen LogP contribution in [0.2, 0.25) is 5.02 Å². The molecule has 1 heterocycles. The second-order valence-electron chi connectivity index (χ2n) is 5.27. The van der Waals surface area contributed by atoms with Crippen LogP contribution >= 0.6 is 11.6 Å². The highest BCUT2D eigenvalue weighted by Gasteiger charge is 2.12. The summed E-state index contributed by atoms with van der Waals surface area (Å²) in [5, 5.41) is 4.20. The number of hydrogen-bond acceptors (Lipinski definition) is 2. The van der Waals surface area contributed by atoms with E-state index in [-0.39, 0.29) is 11.7 Å². The summed E-state index contributed by atoms with van der Waals surface area (Å²) in [4.78, 5) is 16.7. The van der Waals surface area contributed by atoms with Crippen molar-refractivity contribution in [2.45, 2.75) is 13.5 Å². The highest BCUT2D eigenvalue weighted by atomic mass is 35.5. The number of rotatable bonds is 3. The van der Waals surface area contributed by atoms with Gasteiger partial charge in [0.15, 0.2) is 0 Å². The standard InChI is InChI=1S/C18H14ClFN2O/c1-11-16(8-13-5-6-15(20)9-17(13)22-11)18(23)21-10-12-3-2-4-14(19)7-12/h2-9H,10H2,1H3,(H,21,23). The van der Waals surface area contributed by atoms with Gasteiger partial charge in [-0.1, -0.05) is 23.7 Å². The summed E-state index contributed by atoms with van der Waals surface area (Å²) in [6, 6.07) is 13.4. The average molecular weight is 329 g/mol. The molecule has 2 aromatic carbocycles. The summed E-state index contributed by atoms with van der Waals surface area (Å²) in [5.74, 6) is -0.566. The Morgan fingerprint density at radius 1 is 1.22 bits per heavy atom. The van der Waals surface area contributed by atoms with Gasteiger partial charge in [0.1, 0.15) is 5.82 Å². The van der Waals surface area contributed by atoms with Gasteiger partial charge in [0.25, 0.3) is 5.91 Å². The second kappa shape index (κ2) is 6.34. The van der Waals surface area contributed by atoms with Crippen molar-refractivity contribution in [1.29, 1.82) is 0 Å². The van der Waals surface area contributed by atoms with Crippen LogP contribution in [0.25, 0.3) is 10.9 Å². The summed E-state index contributed by atoms with van der Waals surface area (Å²) >= 11 is 5.93. The van der Waals surface area contributed by atoms with Gasteiger partial charge < -0.3 is 5.32 Å². The van der Waals surface area contributed by atoms with Crippen molar-refractivity contribution >= 4 is 28.4 Å². The number of nitrogens with zero attached hydrogens (tertiary/aromatic N) is 1. The van der Waals surface area contributed by atoms with Gasteiger partial charge in [-0.2, -0.15) is 0 Å². The maximum Gasteiger partial charge on any atom is 0.253 e. The molecule has 1 amide bonds. The molecule has 5 heteroatoms. The first-order valence-electron chi connectivity index (χ1n) is 7.12. The van der Waals surface area contributed by atoms with E-state index < -0.39 is 0 Å². The smallest absolute Gasteiger partial charge is 0.253 e. The highest BCUT2D eigenvalue weighted by Crippen LogP contribution is 2.18. The van der Waals surface area contributed by atoms with Gasteiger partial charge in [-0.15, -0.1) is 0 Å². The van der Waals surface area contributed by atoms with E-state index in [1.165, 1.54) is 12.1 Å². The maximum absolute atomic E-state index is 13.2. The molecule has 0 unspecified atom stereocenters. The molecule has 0 radical (unpaired) electrons.